The van der Waals surface area contributed by atoms with Gasteiger partial charge in [-0.15, -0.1) is 0 Å². The maximum Gasteiger partial charge on any atom is 0.124 e. The van der Waals surface area contributed by atoms with Gasteiger partial charge in [-0.3, -0.25) is 5.43 Å². The fraction of sp³-hybridized carbons (Fsp3) is 0.0714. The lowest BCUT2D eigenvalue weighted by Gasteiger charge is -2.09. The van der Waals surface area contributed by atoms with Crippen molar-refractivity contribution in [1.29, 1.82) is 0 Å². The fourth-order valence-electron chi connectivity index (χ4n) is 1.65. The van der Waals surface area contributed by atoms with Crippen LogP contribution in [0, 0.1) is 0 Å². The Bertz CT molecular complexity index is 696. The first-order valence-corrected chi connectivity index (χ1v) is 7.75. The van der Waals surface area contributed by atoms with Crippen molar-refractivity contribution in [2.45, 2.75) is 6.92 Å². The van der Waals surface area contributed by atoms with Crippen molar-refractivity contribution in [1.82, 2.24) is 0 Å². The standard InChI is InChI=1S/C14H10BrCl3N2O/c1-7(10-4-8(15)2-3-13(10)21)19-20-14-11(17)5-9(16)6-12(14)18/h2-6,20-21H,1H3/b19-7-. The van der Waals surface area contributed by atoms with Crippen LogP contribution in [0.5, 0.6) is 5.75 Å². The molecule has 0 spiro atoms. The van der Waals surface area contributed by atoms with Gasteiger partial charge < -0.3 is 5.11 Å². The number of nitrogens with one attached hydrogen (secondary N) is 1. The van der Waals surface area contributed by atoms with Crippen molar-refractivity contribution in [2.24, 2.45) is 5.10 Å². The van der Waals surface area contributed by atoms with Crippen LogP contribution in [-0.4, -0.2) is 10.8 Å². The highest BCUT2D eigenvalue weighted by atomic mass is 79.9. The minimum absolute atomic E-state index is 0.134. The van der Waals surface area contributed by atoms with E-state index in [-0.39, 0.29) is 5.75 Å². The second-order valence-corrected chi connectivity index (χ2v) is 6.38. The van der Waals surface area contributed by atoms with E-state index in [1.54, 1.807) is 37.3 Å². The molecule has 0 aliphatic rings. The van der Waals surface area contributed by atoms with Crippen LogP contribution in [0.15, 0.2) is 39.9 Å². The molecule has 0 aliphatic heterocycles. The lowest BCUT2D eigenvalue weighted by molar-refractivity contribution is 0.474. The monoisotopic (exact) mass is 406 g/mol. The van der Waals surface area contributed by atoms with Crippen LogP contribution in [-0.2, 0) is 0 Å². The van der Waals surface area contributed by atoms with E-state index in [1.165, 1.54) is 0 Å². The van der Waals surface area contributed by atoms with Crippen LogP contribution >= 0.6 is 50.7 Å². The van der Waals surface area contributed by atoms with E-state index in [9.17, 15) is 5.11 Å². The minimum atomic E-state index is 0.134. The molecule has 2 N–H and O–H groups in total. The number of hydrazone groups is 1. The first kappa shape index (κ1) is 16.4. The summed E-state index contributed by atoms with van der Waals surface area (Å²) < 4.78 is 0.840. The second-order valence-electron chi connectivity index (χ2n) is 4.21. The highest BCUT2D eigenvalue weighted by Crippen LogP contribution is 2.33. The molecule has 0 saturated heterocycles. The van der Waals surface area contributed by atoms with Gasteiger partial charge in [0.05, 0.1) is 21.4 Å². The lowest BCUT2D eigenvalue weighted by Crippen LogP contribution is -2.01. The molecule has 0 unspecified atom stereocenters. The van der Waals surface area contributed by atoms with E-state index < -0.39 is 0 Å². The maximum atomic E-state index is 9.85. The molecule has 0 radical (unpaired) electrons. The maximum absolute atomic E-state index is 9.85. The van der Waals surface area contributed by atoms with Crippen molar-refractivity contribution < 1.29 is 5.11 Å². The quantitative estimate of drug-likeness (QED) is 0.487. The number of phenolic OH excluding ortho intramolecular Hbond substituents is 1. The van der Waals surface area contributed by atoms with E-state index >= 15 is 0 Å². The van der Waals surface area contributed by atoms with Gasteiger partial charge in [0.15, 0.2) is 0 Å². The van der Waals surface area contributed by atoms with Crippen LogP contribution in [0.3, 0.4) is 0 Å². The normalized spacial score (nSPS) is 11.6. The minimum Gasteiger partial charge on any atom is -0.507 e. The zero-order chi connectivity index (χ0) is 15.6. The summed E-state index contributed by atoms with van der Waals surface area (Å²) in [7, 11) is 0. The molecular formula is C14H10BrCl3N2O. The third-order valence-electron chi connectivity index (χ3n) is 2.69. The van der Waals surface area contributed by atoms with Crippen LogP contribution in [0.4, 0.5) is 5.69 Å². The van der Waals surface area contributed by atoms with E-state index in [1.807, 2.05) is 0 Å². The predicted octanol–water partition coefficient (Wildman–Crippen LogP) is 5.95. The van der Waals surface area contributed by atoms with Crippen LogP contribution in [0.2, 0.25) is 15.1 Å². The first-order valence-electron chi connectivity index (χ1n) is 5.82. The number of hydrogen-bond donors (Lipinski definition) is 2. The molecule has 0 fully saturated rings. The van der Waals surface area contributed by atoms with Gasteiger partial charge >= 0.3 is 0 Å². The Kier molecular flexibility index (Phi) is 5.38. The van der Waals surface area contributed by atoms with Crippen LogP contribution < -0.4 is 5.43 Å². The Morgan fingerprint density at radius 3 is 2.38 bits per heavy atom. The Balaban J connectivity index is 2.31. The number of anilines is 1. The molecule has 21 heavy (non-hydrogen) atoms. The molecule has 0 heterocycles. The van der Waals surface area contributed by atoms with Crippen LogP contribution in [0.25, 0.3) is 0 Å². The second kappa shape index (κ2) is 6.88. The number of phenols is 1. The molecule has 0 saturated carbocycles. The van der Waals surface area contributed by atoms with Crippen molar-refractivity contribution in [3.63, 3.8) is 0 Å². The molecule has 2 rings (SSSR count). The molecule has 3 nitrogen and oxygen atoms in total. The van der Waals surface area contributed by atoms with E-state index in [0.29, 0.717) is 32.0 Å². The summed E-state index contributed by atoms with van der Waals surface area (Å²) in [5, 5.41) is 15.2. The van der Waals surface area contributed by atoms with E-state index in [4.69, 9.17) is 34.8 Å². The summed E-state index contributed by atoms with van der Waals surface area (Å²) in [4.78, 5) is 0. The number of aromatic hydroxyl groups is 1. The van der Waals surface area contributed by atoms with Crippen LogP contribution in [0.1, 0.15) is 12.5 Å². The predicted molar refractivity (Wildman–Crippen MR) is 93.1 cm³/mol. The number of benzene rings is 2. The van der Waals surface area contributed by atoms with Gasteiger partial charge in [0.25, 0.3) is 0 Å². The fourth-order valence-corrected chi connectivity index (χ4v) is 2.91. The Hall–Kier alpha value is -0.940. The summed E-state index contributed by atoms with van der Waals surface area (Å²) >= 11 is 21.3. The number of nitrogens with zero attached hydrogens (tertiary/aromatic N) is 1. The topological polar surface area (TPSA) is 44.6 Å². The third kappa shape index (κ3) is 4.04. The number of rotatable bonds is 3. The lowest BCUT2D eigenvalue weighted by atomic mass is 10.1. The smallest absolute Gasteiger partial charge is 0.124 e. The zero-order valence-electron chi connectivity index (χ0n) is 10.8. The number of hydrogen-bond acceptors (Lipinski definition) is 3. The third-order valence-corrected chi connectivity index (χ3v) is 4.00. The van der Waals surface area contributed by atoms with Crippen molar-refractivity contribution >= 4 is 62.1 Å². The first-order chi connectivity index (χ1) is 9.88. The number of halogens is 4. The zero-order valence-corrected chi connectivity index (χ0v) is 14.6. The van der Waals surface area contributed by atoms with Crippen molar-refractivity contribution in [2.75, 3.05) is 5.43 Å². The van der Waals surface area contributed by atoms with E-state index in [0.717, 1.165) is 4.47 Å². The van der Waals surface area contributed by atoms with Crippen molar-refractivity contribution in [3.8, 4) is 5.75 Å². The summed E-state index contributed by atoms with van der Waals surface area (Å²) in [5.41, 5.74) is 4.42. The summed E-state index contributed by atoms with van der Waals surface area (Å²) in [6, 6.07) is 8.23. The molecule has 2 aromatic rings. The van der Waals surface area contributed by atoms with Gasteiger partial charge in [0.2, 0.25) is 0 Å². The van der Waals surface area contributed by atoms with E-state index in [2.05, 4.69) is 26.5 Å². The summed E-state index contributed by atoms with van der Waals surface area (Å²) in [6.07, 6.45) is 0. The molecule has 0 bridgehead atoms. The van der Waals surface area contributed by atoms with Gasteiger partial charge in [0, 0.05) is 15.1 Å². The largest absolute Gasteiger partial charge is 0.507 e. The molecule has 7 heteroatoms. The summed E-state index contributed by atoms with van der Waals surface area (Å²) in [6.45, 7) is 1.76. The van der Waals surface area contributed by atoms with Gasteiger partial charge in [-0.1, -0.05) is 50.7 Å². The van der Waals surface area contributed by atoms with Crippen molar-refractivity contribution in [3.05, 3.63) is 55.4 Å². The molecule has 0 aromatic heterocycles. The average Bonchev–Trinajstić information content (AvgIpc) is 2.40. The highest BCUT2D eigenvalue weighted by Gasteiger charge is 2.09. The Morgan fingerprint density at radius 2 is 1.76 bits per heavy atom. The molecule has 110 valence electrons. The van der Waals surface area contributed by atoms with Gasteiger partial charge in [0.1, 0.15) is 5.75 Å². The van der Waals surface area contributed by atoms with Gasteiger partial charge in [-0.05, 0) is 37.3 Å². The highest BCUT2D eigenvalue weighted by molar-refractivity contribution is 9.10. The molecule has 0 aliphatic carbocycles. The SMILES string of the molecule is C/C(=N/Nc1c(Cl)cc(Cl)cc1Cl)c1cc(Br)ccc1O. The molecular weight excluding hydrogens is 398 g/mol. The molecule has 0 atom stereocenters. The Labute approximate surface area is 145 Å². The van der Waals surface area contributed by atoms with Gasteiger partial charge in [-0.2, -0.15) is 5.10 Å². The Morgan fingerprint density at radius 1 is 1.14 bits per heavy atom. The molecule has 2 aromatic carbocycles. The van der Waals surface area contributed by atoms with Gasteiger partial charge in [-0.25, -0.2) is 0 Å². The average molecular weight is 409 g/mol. The summed E-state index contributed by atoms with van der Waals surface area (Å²) in [5.74, 6) is 0.134. The molecule has 0 amide bonds.